The normalized spacial score (nSPS) is 15.9. The molecule has 0 aliphatic heterocycles. The van der Waals surface area contributed by atoms with E-state index in [9.17, 15) is 5.11 Å². The standard InChI is InChI=1S/C10H23BO/c1-3-6-9(11)7-5-8-10(12)4-2/h9-10,12H,3-8,11H2,1-2H3. The second kappa shape index (κ2) is 7.66. The van der Waals surface area contributed by atoms with E-state index in [4.69, 9.17) is 0 Å². The van der Waals surface area contributed by atoms with Crippen LogP contribution >= 0.6 is 0 Å². The van der Waals surface area contributed by atoms with Gasteiger partial charge >= 0.3 is 0 Å². The van der Waals surface area contributed by atoms with Gasteiger partial charge in [-0.2, -0.15) is 0 Å². The Kier molecular flexibility index (Phi) is 7.68. The molecule has 0 rings (SSSR count). The molecule has 0 amide bonds. The molecule has 1 nitrogen and oxygen atoms in total. The smallest absolute Gasteiger partial charge is 0.105 e. The van der Waals surface area contributed by atoms with Crippen LogP contribution in [0.2, 0.25) is 5.82 Å². The molecule has 12 heavy (non-hydrogen) atoms. The lowest BCUT2D eigenvalue weighted by molar-refractivity contribution is 0.156. The zero-order chi connectivity index (χ0) is 9.40. The van der Waals surface area contributed by atoms with E-state index in [0.29, 0.717) is 0 Å². The summed E-state index contributed by atoms with van der Waals surface area (Å²) >= 11 is 0. The van der Waals surface area contributed by atoms with Gasteiger partial charge in [-0.05, 0) is 12.8 Å². The molecule has 0 radical (unpaired) electrons. The fraction of sp³-hybridized carbons (Fsp3) is 1.00. The Labute approximate surface area is 78.0 Å². The van der Waals surface area contributed by atoms with Crippen LogP contribution < -0.4 is 0 Å². The minimum Gasteiger partial charge on any atom is -0.393 e. The zero-order valence-corrected chi connectivity index (χ0v) is 8.84. The first-order valence-corrected chi connectivity index (χ1v) is 5.38. The van der Waals surface area contributed by atoms with Gasteiger partial charge in [-0.25, -0.2) is 0 Å². The molecule has 0 aliphatic carbocycles. The third kappa shape index (κ3) is 6.72. The van der Waals surface area contributed by atoms with Crippen molar-refractivity contribution in [3.05, 3.63) is 0 Å². The number of hydrogen-bond acceptors (Lipinski definition) is 1. The first-order valence-electron chi connectivity index (χ1n) is 5.38. The molecule has 0 aliphatic rings. The Morgan fingerprint density at radius 3 is 2.33 bits per heavy atom. The highest BCUT2D eigenvalue weighted by atomic mass is 16.3. The number of aliphatic hydroxyl groups is 1. The molecule has 0 aromatic heterocycles. The van der Waals surface area contributed by atoms with Gasteiger partial charge in [0.2, 0.25) is 0 Å². The van der Waals surface area contributed by atoms with Crippen LogP contribution in [0.4, 0.5) is 0 Å². The molecule has 2 unspecified atom stereocenters. The molecule has 0 saturated heterocycles. The van der Waals surface area contributed by atoms with Crippen LogP contribution in [-0.2, 0) is 0 Å². The third-order valence-corrected chi connectivity index (χ3v) is 2.49. The van der Waals surface area contributed by atoms with E-state index in [1.54, 1.807) is 0 Å². The summed E-state index contributed by atoms with van der Waals surface area (Å²) in [5.41, 5.74) is 0. The van der Waals surface area contributed by atoms with Crippen LogP contribution in [0.15, 0.2) is 0 Å². The highest BCUT2D eigenvalue weighted by molar-refractivity contribution is 6.11. The van der Waals surface area contributed by atoms with Crippen LogP contribution in [-0.4, -0.2) is 19.1 Å². The van der Waals surface area contributed by atoms with E-state index in [0.717, 1.165) is 18.7 Å². The maximum atomic E-state index is 9.30. The molecule has 0 bridgehead atoms. The molecule has 0 spiro atoms. The predicted molar refractivity (Wildman–Crippen MR) is 57.4 cm³/mol. The zero-order valence-electron chi connectivity index (χ0n) is 8.84. The number of aliphatic hydroxyl groups excluding tert-OH is 1. The van der Waals surface area contributed by atoms with E-state index < -0.39 is 0 Å². The summed E-state index contributed by atoms with van der Waals surface area (Å²) in [4.78, 5) is 0. The Balaban J connectivity index is 3.18. The van der Waals surface area contributed by atoms with Crippen LogP contribution in [0.5, 0.6) is 0 Å². The Morgan fingerprint density at radius 1 is 1.17 bits per heavy atom. The molecule has 0 heterocycles. The summed E-state index contributed by atoms with van der Waals surface area (Å²) < 4.78 is 0. The van der Waals surface area contributed by atoms with Crippen molar-refractivity contribution in [3.8, 4) is 0 Å². The van der Waals surface area contributed by atoms with Crippen molar-refractivity contribution in [1.29, 1.82) is 0 Å². The van der Waals surface area contributed by atoms with Gasteiger partial charge in [-0.1, -0.05) is 45.3 Å². The van der Waals surface area contributed by atoms with Gasteiger partial charge in [-0.3, -0.25) is 0 Å². The van der Waals surface area contributed by atoms with Crippen molar-refractivity contribution >= 4 is 7.85 Å². The van der Waals surface area contributed by atoms with Crippen LogP contribution in [0.25, 0.3) is 0 Å². The van der Waals surface area contributed by atoms with Crippen LogP contribution in [0.3, 0.4) is 0 Å². The largest absolute Gasteiger partial charge is 0.393 e. The molecule has 0 fully saturated rings. The maximum Gasteiger partial charge on any atom is 0.105 e. The van der Waals surface area contributed by atoms with Gasteiger partial charge in [-0.15, -0.1) is 0 Å². The lowest BCUT2D eigenvalue weighted by atomic mass is 9.79. The van der Waals surface area contributed by atoms with E-state index in [1.165, 1.54) is 25.7 Å². The van der Waals surface area contributed by atoms with Gasteiger partial charge in [0.05, 0.1) is 6.10 Å². The quantitative estimate of drug-likeness (QED) is 0.580. The predicted octanol–water partition coefficient (Wildman–Crippen LogP) is 2.15. The Morgan fingerprint density at radius 2 is 1.83 bits per heavy atom. The van der Waals surface area contributed by atoms with E-state index >= 15 is 0 Å². The minimum atomic E-state index is -0.0566. The molecule has 72 valence electrons. The van der Waals surface area contributed by atoms with Gasteiger partial charge in [0.1, 0.15) is 7.85 Å². The van der Waals surface area contributed by atoms with E-state index in [2.05, 4.69) is 14.8 Å². The molecule has 2 heteroatoms. The van der Waals surface area contributed by atoms with Crippen molar-refractivity contribution in [2.75, 3.05) is 0 Å². The molecule has 2 atom stereocenters. The summed E-state index contributed by atoms with van der Waals surface area (Å²) in [6, 6.07) is 0. The molecular formula is C10H23BO. The third-order valence-electron chi connectivity index (χ3n) is 2.49. The fourth-order valence-electron chi connectivity index (χ4n) is 1.54. The molecule has 0 saturated carbocycles. The average Bonchev–Trinajstić information content (AvgIpc) is 2.04. The van der Waals surface area contributed by atoms with E-state index in [-0.39, 0.29) is 6.10 Å². The summed E-state index contributed by atoms with van der Waals surface area (Å²) in [6.07, 6.45) is 6.94. The summed E-state index contributed by atoms with van der Waals surface area (Å²) in [5.74, 6) is 0.846. The highest BCUT2D eigenvalue weighted by Gasteiger charge is 2.03. The number of rotatable bonds is 7. The molecule has 1 N–H and O–H groups in total. The van der Waals surface area contributed by atoms with Crippen molar-refractivity contribution in [2.45, 2.75) is 64.3 Å². The molecule has 0 aromatic rings. The van der Waals surface area contributed by atoms with Crippen molar-refractivity contribution in [1.82, 2.24) is 0 Å². The lowest BCUT2D eigenvalue weighted by Crippen LogP contribution is -2.04. The second-order valence-corrected chi connectivity index (χ2v) is 3.89. The first kappa shape index (κ1) is 12.0. The molecule has 0 aromatic carbocycles. The van der Waals surface area contributed by atoms with Gasteiger partial charge in [0.15, 0.2) is 0 Å². The SMILES string of the molecule is BC(CCC)CCCC(O)CC. The number of hydrogen-bond donors (Lipinski definition) is 1. The minimum absolute atomic E-state index is 0.0566. The van der Waals surface area contributed by atoms with Gasteiger partial charge in [0, 0.05) is 0 Å². The Hall–Kier alpha value is 0.0249. The van der Waals surface area contributed by atoms with Crippen molar-refractivity contribution < 1.29 is 5.11 Å². The lowest BCUT2D eigenvalue weighted by Gasteiger charge is -2.11. The van der Waals surface area contributed by atoms with Gasteiger partial charge in [0.25, 0.3) is 0 Å². The summed E-state index contributed by atoms with van der Waals surface area (Å²) in [6.45, 7) is 4.28. The topological polar surface area (TPSA) is 20.2 Å². The van der Waals surface area contributed by atoms with Crippen molar-refractivity contribution in [3.63, 3.8) is 0 Å². The fourth-order valence-corrected chi connectivity index (χ4v) is 1.54. The highest BCUT2D eigenvalue weighted by Crippen LogP contribution is 2.17. The second-order valence-electron chi connectivity index (χ2n) is 3.89. The van der Waals surface area contributed by atoms with Crippen LogP contribution in [0, 0.1) is 0 Å². The van der Waals surface area contributed by atoms with Gasteiger partial charge < -0.3 is 5.11 Å². The maximum absolute atomic E-state index is 9.30. The average molecular weight is 170 g/mol. The monoisotopic (exact) mass is 170 g/mol. The van der Waals surface area contributed by atoms with Crippen molar-refractivity contribution in [2.24, 2.45) is 0 Å². The molecular weight excluding hydrogens is 147 g/mol. The van der Waals surface area contributed by atoms with Crippen LogP contribution in [0.1, 0.15) is 52.4 Å². The summed E-state index contributed by atoms with van der Waals surface area (Å²) in [5, 5.41) is 9.30. The Bertz CT molecular complexity index is 95.8. The van der Waals surface area contributed by atoms with E-state index in [1.807, 2.05) is 6.92 Å². The first-order chi connectivity index (χ1) is 5.70. The summed E-state index contributed by atoms with van der Waals surface area (Å²) in [7, 11) is 2.31.